The number of rotatable bonds is 6. The summed E-state index contributed by atoms with van der Waals surface area (Å²) in [5.41, 5.74) is 1.41. The number of aliphatic hydroxyl groups is 1. The van der Waals surface area contributed by atoms with Crippen LogP contribution in [-0.2, 0) is 0 Å². The lowest BCUT2D eigenvalue weighted by Crippen LogP contribution is -2.26. The lowest BCUT2D eigenvalue weighted by atomic mass is 10.1. The number of hydrogen-bond donors (Lipinski definition) is 2. The first-order valence-electron chi connectivity index (χ1n) is 7.77. The smallest absolute Gasteiger partial charge is 0.252 e. The number of fused-ring (bicyclic) bond motifs is 1. The van der Waals surface area contributed by atoms with E-state index in [2.05, 4.69) is 5.32 Å². The van der Waals surface area contributed by atoms with Crippen molar-refractivity contribution in [1.29, 1.82) is 0 Å². The van der Waals surface area contributed by atoms with Crippen molar-refractivity contribution in [3.63, 3.8) is 0 Å². The number of hydrogen-bond acceptors (Lipinski definition) is 4. The maximum Gasteiger partial charge on any atom is 0.252 e. The van der Waals surface area contributed by atoms with E-state index in [0.717, 1.165) is 15.9 Å². The summed E-state index contributed by atoms with van der Waals surface area (Å²) in [7, 11) is 0. The summed E-state index contributed by atoms with van der Waals surface area (Å²) < 4.78 is 5.64. The largest absolute Gasteiger partial charge is 0.458 e. The van der Waals surface area contributed by atoms with E-state index in [9.17, 15) is 9.90 Å². The maximum atomic E-state index is 12.3. The van der Waals surface area contributed by atoms with Gasteiger partial charge in [0.1, 0.15) is 17.4 Å². The van der Waals surface area contributed by atoms with Gasteiger partial charge in [0.25, 0.3) is 5.91 Å². The van der Waals surface area contributed by atoms with E-state index in [1.807, 2.05) is 54.8 Å². The minimum atomic E-state index is -0.742. The molecule has 3 rings (SSSR count). The number of furan rings is 1. The Hall–Kier alpha value is -2.24. The van der Waals surface area contributed by atoms with E-state index in [4.69, 9.17) is 4.42 Å². The first-order valence-corrected chi connectivity index (χ1v) is 8.99. The number of para-hydroxylation sites is 1. The third-order valence-electron chi connectivity index (χ3n) is 3.83. The van der Waals surface area contributed by atoms with Crippen LogP contribution in [0.4, 0.5) is 0 Å². The fraction of sp³-hybridized carbons (Fsp3) is 0.211. The lowest BCUT2D eigenvalue weighted by Gasteiger charge is -2.10. The first kappa shape index (κ1) is 16.6. The van der Waals surface area contributed by atoms with Gasteiger partial charge in [-0.3, -0.25) is 4.79 Å². The van der Waals surface area contributed by atoms with Crippen LogP contribution in [0.15, 0.2) is 63.9 Å². The highest BCUT2D eigenvalue weighted by Gasteiger charge is 2.15. The van der Waals surface area contributed by atoms with Crippen LogP contribution < -0.4 is 5.32 Å². The normalized spacial score (nSPS) is 12.2. The Labute approximate surface area is 144 Å². The van der Waals surface area contributed by atoms with Gasteiger partial charge in [-0.05, 0) is 36.9 Å². The Morgan fingerprint density at radius 1 is 1.21 bits per heavy atom. The number of thioether (sulfide) groups is 1. The summed E-state index contributed by atoms with van der Waals surface area (Å²) in [6.45, 7) is 0.375. The summed E-state index contributed by atoms with van der Waals surface area (Å²) in [6, 6.07) is 16.9. The minimum Gasteiger partial charge on any atom is -0.458 e. The van der Waals surface area contributed by atoms with Crippen molar-refractivity contribution < 1.29 is 14.3 Å². The molecule has 1 aromatic heterocycles. The number of amides is 1. The standard InChI is InChI=1S/C19H19NO3S/c1-24-18-9-5-3-7-14(18)19(22)20-11-10-15(21)17-12-13-6-2-4-8-16(13)23-17/h2-9,12,15,21H,10-11H2,1H3,(H,20,22)/t15-/m0/s1. The second-order valence-corrected chi connectivity index (χ2v) is 6.30. The van der Waals surface area contributed by atoms with E-state index in [-0.39, 0.29) is 5.91 Å². The molecule has 24 heavy (non-hydrogen) atoms. The first-order chi connectivity index (χ1) is 11.7. The number of carbonyl (C=O) groups is 1. The highest BCUT2D eigenvalue weighted by Crippen LogP contribution is 2.25. The molecule has 2 aromatic carbocycles. The zero-order chi connectivity index (χ0) is 16.9. The van der Waals surface area contributed by atoms with Gasteiger partial charge < -0.3 is 14.8 Å². The van der Waals surface area contributed by atoms with Gasteiger partial charge in [0.05, 0.1) is 5.56 Å². The van der Waals surface area contributed by atoms with E-state index in [0.29, 0.717) is 24.3 Å². The zero-order valence-corrected chi connectivity index (χ0v) is 14.2. The average molecular weight is 341 g/mol. The molecule has 0 unspecified atom stereocenters. The Bertz CT molecular complexity index is 810. The van der Waals surface area contributed by atoms with Gasteiger partial charge in [0.2, 0.25) is 0 Å². The van der Waals surface area contributed by atoms with Crippen molar-refractivity contribution in [1.82, 2.24) is 5.32 Å². The lowest BCUT2D eigenvalue weighted by molar-refractivity contribution is 0.0934. The molecule has 1 amide bonds. The van der Waals surface area contributed by atoms with Gasteiger partial charge in [-0.2, -0.15) is 0 Å². The predicted octanol–water partition coefficient (Wildman–Crippen LogP) is 4.01. The van der Waals surface area contributed by atoms with Crippen LogP contribution in [0.5, 0.6) is 0 Å². The van der Waals surface area contributed by atoms with E-state index in [1.165, 1.54) is 11.8 Å². The highest BCUT2D eigenvalue weighted by molar-refractivity contribution is 7.98. The number of carbonyl (C=O) groups excluding carboxylic acids is 1. The quantitative estimate of drug-likeness (QED) is 0.665. The minimum absolute atomic E-state index is 0.128. The molecule has 1 heterocycles. The van der Waals surface area contributed by atoms with Crippen molar-refractivity contribution in [3.8, 4) is 0 Å². The molecule has 3 aromatic rings. The fourth-order valence-electron chi connectivity index (χ4n) is 2.56. The monoisotopic (exact) mass is 341 g/mol. The van der Waals surface area contributed by atoms with Gasteiger partial charge >= 0.3 is 0 Å². The van der Waals surface area contributed by atoms with Crippen LogP contribution in [0.1, 0.15) is 28.6 Å². The molecule has 0 aliphatic carbocycles. The molecule has 5 heteroatoms. The van der Waals surface area contributed by atoms with Crippen molar-refractivity contribution in [2.24, 2.45) is 0 Å². The van der Waals surface area contributed by atoms with E-state index >= 15 is 0 Å². The van der Waals surface area contributed by atoms with Gasteiger partial charge in [0, 0.05) is 16.8 Å². The Balaban J connectivity index is 1.58. The molecule has 0 bridgehead atoms. The third kappa shape index (κ3) is 3.63. The second-order valence-electron chi connectivity index (χ2n) is 5.45. The molecule has 0 spiro atoms. The van der Waals surface area contributed by atoms with Crippen LogP contribution >= 0.6 is 11.8 Å². The Morgan fingerprint density at radius 2 is 1.96 bits per heavy atom. The second kappa shape index (κ2) is 7.55. The van der Waals surface area contributed by atoms with Crippen LogP contribution in [0.2, 0.25) is 0 Å². The topological polar surface area (TPSA) is 62.5 Å². The predicted molar refractivity (Wildman–Crippen MR) is 96.3 cm³/mol. The number of aliphatic hydroxyl groups excluding tert-OH is 1. The maximum absolute atomic E-state index is 12.3. The van der Waals surface area contributed by atoms with Crippen LogP contribution in [0, 0.1) is 0 Å². The van der Waals surface area contributed by atoms with Crippen molar-refractivity contribution in [2.45, 2.75) is 17.4 Å². The molecular weight excluding hydrogens is 322 g/mol. The third-order valence-corrected chi connectivity index (χ3v) is 4.62. The molecule has 124 valence electrons. The molecule has 1 atom stereocenters. The van der Waals surface area contributed by atoms with Crippen LogP contribution in [0.3, 0.4) is 0 Å². The highest BCUT2D eigenvalue weighted by atomic mass is 32.2. The Kier molecular flexibility index (Phi) is 5.23. The Morgan fingerprint density at radius 3 is 2.75 bits per heavy atom. The molecular formula is C19H19NO3S. The zero-order valence-electron chi connectivity index (χ0n) is 13.4. The summed E-state index contributed by atoms with van der Waals surface area (Å²) >= 11 is 1.54. The van der Waals surface area contributed by atoms with Crippen molar-refractivity contribution >= 4 is 28.6 Å². The number of benzene rings is 2. The van der Waals surface area contributed by atoms with Crippen LogP contribution in [-0.4, -0.2) is 23.8 Å². The average Bonchev–Trinajstić information content (AvgIpc) is 3.05. The van der Waals surface area contributed by atoms with Crippen molar-refractivity contribution in [2.75, 3.05) is 12.8 Å². The molecule has 0 saturated heterocycles. The molecule has 0 aliphatic rings. The fourth-order valence-corrected chi connectivity index (χ4v) is 3.15. The van der Waals surface area contributed by atoms with Gasteiger partial charge in [-0.25, -0.2) is 0 Å². The number of nitrogens with one attached hydrogen (secondary N) is 1. The van der Waals surface area contributed by atoms with Gasteiger partial charge in [0.15, 0.2) is 0 Å². The van der Waals surface area contributed by atoms with Gasteiger partial charge in [-0.15, -0.1) is 11.8 Å². The van der Waals surface area contributed by atoms with Crippen LogP contribution in [0.25, 0.3) is 11.0 Å². The summed E-state index contributed by atoms with van der Waals surface area (Å²) in [6.07, 6.45) is 1.60. The molecule has 0 fully saturated rings. The van der Waals surface area contributed by atoms with E-state index < -0.39 is 6.10 Å². The summed E-state index contributed by atoms with van der Waals surface area (Å²) in [4.78, 5) is 13.2. The molecule has 0 aliphatic heterocycles. The van der Waals surface area contributed by atoms with Crippen molar-refractivity contribution in [3.05, 3.63) is 65.9 Å². The summed E-state index contributed by atoms with van der Waals surface area (Å²) in [5, 5.41) is 14.1. The van der Waals surface area contributed by atoms with E-state index in [1.54, 1.807) is 6.07 Å². The molecule has 0 saturated carbocycles. The SMILES string of the molecule is CSc1ccccc1C(=O)NCC[C@H](O)c1cc2ccccc2o1. The molecule has 2 N–H and O–H groups in total. The summed E-state index contributed by atoms with van der Waals surface area (Å²) in [5.74, 6) is 0.395. The molecule has 0 radical (unpaired) electrons. The molecule has 4 nitrogen and oxygen atoms in total. The van der Waals surface area contributed by atoms with Gasteiger partial charge in [-0.1, -0.05) is 30.3 Å².